The van der Waals surface area contributed by atoms with Gasteiger partial charge in [-0.25, -0.2) is 13.4 Å². The summed E-state index contributed by atoms with van der Waals surface area (Å²) in [5.41, 5.74) is 0. The zero-order valence-corrected chi connectivity index (χ0v) is 10.5. The second-order valence-electron chi connectivity index (χ2n) is 3.82. The molecule has 0 aliphatic heterocycles. The number of aryl methyl sites for hydroxylation is 1. The normalized spacial score (nSPS) is 11.9. The van der Waals surface area contributed by atoms with E-state index in [0.29, 0.717) is 13.0 Å². The lowest BCUT2D eigenvalue weighted by molar-refractivity contribution is 0.593. The summed E-state index contributed by atoms with van der Waals surface area (Å²) < 4.78 is 23.3. The number of hydrogen-bond donors (Lipinski definition) is 1. The molecule has 1 rings (SSSR count). The van der Waals surface area contributed by atoms with Crippen LogP contribution in [0.3, 0.4) is 0 Å². The van der Waals surface area contributed by atoms with Crippen LogP contribution in [-0.4, -0.2) is 48.3 Å². The van der Waals surface area contributed by atoms with E-state index in [4.69, 9.17) is 0 Å². The maximum absolute atomic E-state index is 10.8. The van der Waals surface area contributed by atoms with E-state index in [2.05, 4.69) is 15.4 Å². The third-order valence-corrected chi connectivity index (χ3v) is 3.07. The van der Waals surface area contributed by atoms with Gasteiger partial charge in [-0.2, -0.15) is 5.10 Å². The molecule has 6 nitrogen and oxygen atoms in total. The van der Waals surface area contributed by atoms with Gasteiger partial charge in [-0.05, 0) is 13.0 Å². The zero-order chi connectivity index (χ0) is 12.0. The van der Waals surface area contributed by atoms with Crippen molar-refractivity contribution in [3.05, 3.63) is 12.2 Å². The van der Waals surface area contributed by atoms with Crippen LogP contribution in [0.5, 0.6) is 0 Å². The smallest absolute Gasteiger partial charge is 0.151 e. The Balaban J connectivity index is 2.04. The molecule has 0 aliphatic rings. The molecule has 0 amide bonds. The standard InChI is InChI=1S/C9H18N4O2S/c1-13-8-11-9(12-13)4-6-10-5-3-7-16(2,14)15/h8,10H,3-7H2,1-2H3. The molecule has 0 atom stereocenters. The second-order valence-corrected chi connectivity index (χ2v) is 6.08. The quantitative estimate of drug-likeness (QED) is 0.649. The average molecular weight is 246 g/mol. The molecule has 0 bridgehead atoms. The van der Waals surface area contributed by atoms with Crippen molar-refractivity contribution in [2.45, 2.75) is 12.8 Å². The van der Waals surface area contributed by atoms with E-state index in [1.165, 1.54) is 6.26 Å². The van der Waals surface area contributed by atoms with Gasteiger partial charge in [0.25, 0.3) is 0 Å². The molecule has 1 heterocycles. The van der Waals surface area contributed by atoms with E-state index >= 15 is 0 Å². The monoisotopic (exact) mass is 246 g/mol. The first-order valence-electron chi connectivity index (χ1n) is 5.20. The number of rotatable bonds is 7. The molecule has 0 spiro atoms. The lowest BCUT2D eigenvalue weighted by Gasteiger charge is -2.01. The predicted molar refractivity (Wildman–Crippen MR) is 61.9 cm³/mol. The largest absolute Gasteiger partial charge is 0.316 e. The minimum absolute atomic E-state index is 0.238. The third-order valence-electron chi connectivity index (χ3n) is 2.04. The van der Waals surface area contributed by atoms with Crippen LogP contribution in [0.4, 0.5) is 0 Å². The highest BCUT2D eigenvalue weighted by molar-refractivity contribution is 7.90. The molecule has 0 aromatic carbocycles. The molecule has 16 heavy (non-hydrogen) atoms. The maximum atomic E-state index is 10.8. The van der Waals surface area contributed by atoms with E-state index in [1.54, 1.807) is 11.0 Å². The lowest BCUT2D eigenvalue weighted by atomic mass is 10.4. The maximum Gasteiger partial charge on any atom is 0.151 e. The van der Waals surface area contributed by atoms with Crippen molar-refractivity contribution in [2.75, 3.05) is 25.1 Å². The number of nitrogens with one attached hydrogen (secondary N) is 1. The minimum Gasteiger partial charge on any atom is -0.316 e. The SMILES string of the molecule is Cn1cnc(CCNCCCS(C)(=O)=O)n1. The summed E-state index contributed by atoms with van der Waals surface area (Å²) in [5.74, 6) is 1.04. The average Bonchev–Trinajstić information content (AvgIpc) is 2.56. The van der Waals surface area contributed by atoms with Gasteiger partial charge in [0.2, 0.25) is 0 Å². The highest BCUT2D eigenvalue weighted by Crippen LogP contribution is 1.89. The van der Waals surface area contributed by atoms with E-state index in [0.717, 1.165) is 18.8 Å². The zero-order valence-electron chi connectivity index (χ0n) is 9.68. The van der Waals surface area contributed by atoms with Gasteiger partial charge in [-0.1, -0.05) is 0 Å². The van der Waals surface area contributed by atoms with E-state index in [-0.39, 0.29) is 5.75 Å². The van der Waals surface area contributed by atoms with Crippen molar-refractivity contribution in [1.29, 1.82) is 0 Å². The van der Waals surface area contributed by atoms with Crippen molar-refractivity contribution in [3.8, 4) is 0 Å². The van der Waals surface area contributed by atoms with E-state index in [9.17, 15) is 8.42 Å². The Hall–Kier alpha value is -0.950. The van der Waals surface area contributed by atoms with Gasteiger partial charge in [0.05, 0.1) is 5.75 Å². The molecule has 0 radical (unpaired) electrons. The molecular formula is C9H18N4O2S. The number of aromatic nitrogens is 3. The Bertz CT molecular complexity index is 413. The molecule has 0 fully saturated rings. The molecule has 0 saturated carbocycles. The van der Waals surface area contributed by atoms with Crippen LogP contribution in [0.2, 0.25) is 0 Å². The lowest BCUT2D eigenvalue weighted by Crippen LogP contribution is -2.21. The van der Waals surface area contributed by atoms with Crippen LogP contribution in [-0.2, 0) is 23.3 Å². The number of sulfone groups is 1. The van der Waals surface area contributed by atoms with Gasteiger partial charge >= 0.3 is 0 Å². The summed E-state index contributed by atoms with van der Waals surface area (Å²) in [6.07, 6.45) is 4.33. The molecule has 0 saturated heterocycles. The van der Waals surface area contributed by atoms with Crippen molar-refractivity contribution < 1.29 is 8.42 Å². The fourth-order valence-corrected chi connectivity index (χ4v) is 1.95. The highest BCUT2D eigenvalue weighted by Gasteiger charge is 2.01. The summed E-state index contributed by atoms with van der Waals surface area (Å²) in [6, 6.07) is 0. The van der Waals surface area contributed by atoms with Crippen molar-refractivity contribution in [1.82, 2.24) is 20.1 Å². The van der Waals surface area contributed by atoms with Crippen LogP contribution >= 0.6 is 0 Å². The highest BCUT2D eigenvalue weighted by atomic mass is 32.2. The van der Waals surface area contributed by atoms with Crippen molar-refractivity contribution in [2.24, 2.45) is 7.05 Å². The Kier molecular flexibility index (Phi) is 4.88. The molecule has 1 aromatic rings. The molecule has 1 N–H and O–H groups in total. The van der Waals surface area contributed by atoms with E-state index < -0.39 is 9.84 Å². The molecular weight excluding hydrogens is 228 g/mol. The van der Waals surface area contributed by atoms with Crippen LogP contribution in [0.15, 0.2) is 6.33 Å². The van der Waals surface area contributed by atoms with E-state index in [1.807, 2.05) is 7.05 Å². The number of nitrogens with zero attached hydrogens (tertiary/aromatic N) is 3. The van der Waals surface area contributed by atoms with Gasteiger partial charge in [0, 0.05) is 26.3 Å². The molecule has 0 unspecified atom stereocenters. The first-order chi connectivity index (χ1) is 7.47. The fraction of sp³-hybridized carbons (Fsp3) is 0.778. The molecule has 1 aromatic heterocycles. The van der Waals surface area contributed by atoms with Crippen LogP contribution < -0.4 is 5.32 Å². The molecule has 92 valence electrons. The van der Waals surface area contributed by atoms with Crippen LogP contribution in [0.25, 0.3) is 0 Å². The van der Waals surface area contributed by atoms with Crippen LogP contribution in [0.1, 0.15) is 12.2 Å². The van der Waals surface area contributed by atoms with Gasteiger partial charge in [0.15, 0.2) is 5.82 Å². The summed E-state index contributed by atoms with van der Waals surface area (Å²) in [5, 5.41) is 7.30. The third kappa shape index (κ3) is 5.82. The Morgan fingerprint density at radius 3 is 2.75 bits per heavy atom. The van der Waals surface area contributed by atoms with Gasteiger partial charge in [-0.3, -0.25) is 4.68 Å². The summed E-state index contributed by atoms with van der Waals surface area (Å²) in [4.78, 5) is 4.09. The Morgan fingerprint density at radius 2 is 2.19 bits per heavy atom. The molecule has 0 aliphatic carbocycles. The van der Waals surface area contributed by atoms with Crippen molar-refractivity contribution >= 4 is 9.84 Å². The predicted octanol–water partition coefficient (Wildman–Crippen LogP) is -0.618. The molecule has 7 heteroatoms. The summed E-state index contributed by atoms with van der Waals surface area (Å²) >= 11 is 0. The first kappa shape index (κ1) is 13.1. The van der Waals surface area contributed by atoms with Crippen LogP contribution in [0, 0.1) is 0 Å². The second kappa shape index (κ2) is 5.95. The van der Waals surface area contributed by atoms with Gasteiger partial charge in [-0.15, -0.1) is 0 Å². The summed E-state index contributed by atoms with van der Waals surface area (Å²) in [6.45, 7) is 1.48. The van der Waals surface area contributed by atoms with Crippen molar-refractivity contribution in [3.63, 3.8) is 0 Å². The topological polar surface area (TPSA) is 76.9 Å². The summed E-state index contributed by atoms with van der Waals surface area (Å²) in [7, 11) is -0.999. The number of hydrogen-bond acceptors (Lipinski definition) is 5. The Labute approximate surface area is 96.0 Å². The Morgan fingerprint density at radius 1 is 1.44 bits per heavy atom. The minimum atomic E-state index is -2.83. The fourth-order valence-electron chi connectivity index (χ4n) is 1.28. The van der Waals surface area contributed by atoms with Gasteiger partial charge < -0.3 is 5.32 Å². The first-order valence-corrected chi connectivity index (χ1v) is 7.26. The van der Waals surface area contributed by atoms with Gasteiger partial charge in [0.1, 0.15) is 16.2 Å².